The normalized spacial score (nSPS) is 26.5. The fourth-order valence-electron chi connectivity index (χ4n) is 4.09. The first-order valence-electron chi connectivity index (χ1n) is 8.95. The average molecular weight is 334 g/mol. The summed E-state index contributed by atoms with van der Waals surface area (Å²) < 4.78 is 13.3. The molecule has 1 amide bonds. The van der Waals surface area contributed by atoms with Crippen molar-refractivity contribution in [3.8, 4) is 0 Å². The second-order valence-corrected chi connectivity index (χ2v) is 7.18. The van der Waals surface area contributed by atoms with Crippen LogP contribution in [0.2, 0.25) is 0 Å². The molecule has 0 spiro atoms. The van der Waals surface area contributed by atoms with Crippen molar-refractivity contribution >= 4 is 5.91 Å². The van der Waals surface area contributed by atoms with Crippen molar-refractivity contribution in [2.75, 3.05) is 26.2 Å². The number of halogens is 1. The largest absolute Gasteiger partial charge is 0.391 e. The average Bonchev–Trinajstić information content (AvgIpc) is 2.57. The molecule has 1 N–H and O–H groups in total. The van der Waals surface area contributed by atoms with Crippen LogP contribution in [0.25, 0.3) is 0 Å². The highest BCUT2D eigenvalue weighted by Crippen LogP contribution is 2.26. The monoisotopic (exact) mass is 334 g/mol. The Kier molecular flexibility index (Phi) is 5.51. The number of aliphatic hydroxyl groups excluding tert-OH is 1. The van der Waals surface area contributed by atoms with Crippen LogP contribution in [-0.2, 0) is 11.2 Å². The summed E-state index contributed by atoms with van der Waals surface area (Å²) in [5.74, 6) is 0.138. The van der Waals surface area contributed by atoms with Crippen LogP contribution in [0.3, 0.4) is 0 Å². The summed E-state index contributed by atoms with van der Waals surface area (Å²) in [5.41, 5.74) is 0.960. The Balaban J connectivity index is 1.51. The number of piperidine rings is 2. The van der Waals surface area contributed by atoms with Gasteiger partial charge in [0, 0.05) is 32.6 Å². The molecule has 1 aromatic carbocycles. The minimum atomic E-state index is -0.368. The summed E-state index contributed by atoms with van der Waals surface area (Å²) in [6.07, 6.45) is 3.27. The van der Waals surface area contributed by atoms with Crippen LogP contribution in [-0.4, -0.2) is 59.1 Å². The Labute approximate surface area is 143 Å². The number of amides is 1. The number of likely N-dealkylation sites (tertiary alicyclic amines) is 2. The van der Waals surface area contributed by atoms with Gasteiger partial charge in [-0.1, -0.05) is 12.1 Å². The zero-order valence-electron chi connectivity index (χ0n) is 14.3. The number of hydrogen-bond acceptors (Lipinski definition) is 3. The van der Waals surface area contributed by atoms with Crippen molar-refractivity contribution in [3.63, 3.8) is 0 Å². The van der Waals surface area contributed by atoms with Gasteiger partial charge in [-0.15, -0.1) is 0 Å². The van der Waals surface area contributed by atoms with Crippen molar-refractivity contribution in [1.29, 1.82) is 0 Å². The van der Waals surface area contributed by atoms with Crippen molar-refractivity contribution in [2.24, 2.45) is 5.92 Å². The number of β-amino-alcohol motifs (C(OH)–C–C–N with tert-alkyl or cyclic N) is 1. The molecule has 2 saturated heterocycles. The van der Waals surface area contributed by atoms with E-state index in [1.807, 2.05) is 11.0 Å². The zero-order chi connectivity index (χ0) is 17.1. The highest BCUT2D eigenvalue weighted by atomic mass is 19.1. The van der Waals surface area contributed by atoms with Crippen LogP contribution in [0, 0.1) is 11.7 Å². The van der Waals surface area contributed by atoms with Crippen LogP contribution in [0.15, 0.2) is 24.3 Å². The highest BCUT2D eigenvalue weighted by molar-refractivity contribution is 5.73. The lowest BCUT2D eigenvalue weighted by Crippen LogP contribution is -2.52. The fraction of sp³-hybridized carbons (Fsp3) is 0.632. The summed E-state index contributed by atoms with van der Waals surface area (Å²) >= 11 is 0. The van der Waals surface area contributed by atoms with Crippen molar-refractivity contribution in [3.05, 3.63) is 35.6 Å². The second-order valence-electron chi connectivity index (χ2n) is 7.18. The molecule has 2 aliphatic rings. The lowest BCUT2D eigenvalue weighted by Gasteiger charge is -2.43. The molecule has 0 aromatic heterocycles. The molecule has 2 atom stereocenters. The standard InChI is InChI=1S/C19H27FN2O2/c1-14(23)21-9-6-18(7-10-21)22-8-5-16(19(24)13-22)11-15-3-2-4-17(20)12-15/h2-4,12,16,18-19,24H,5-11,13H2,1H3/t16-,19+/m1/s1. The van der Waals surface area contributed by atoms with Crippen LogP contribution >= 0.6 is 0 Å². The maximum absolute atomic E-state index is 13.3. The second kappa shape index (κ2) is 7.62. The van der Waals surface area contributed by atoms with Crippen molar-refractivity contribution in [2.45, 2.75) is 44.8 Å². The van der Waals surface area contributed by atoms with Gasteiger partial charge in [-0.2, -0.15) is 0 Å². The van der Waals surface area contributed by atoms with Crippen molar-refractivity contribution < 1.29 is 14.3 Å². The minimum Gasteiger partial charge on any atom is -0.391 e. The maximum atomic E-state index is 13.3. The Morgan fingerprint density at radius 2 is 2.00 bits per heavy atom. The van der Waals surface area contributed by atoms with Crippen LogP contribution in [0.5, 0.6) is 0 Å². The number of nitrogens with zero attached hydrogens (tertiary/aromatic N) is 2. The Bertz CT molecular complexity index is 572. The molecular weight excluding hydrogens is 307 g/mol. The fourth-order valence-corrected chi connectivity index (χ4v) is 4.09. The van der Waals surface area contributed by atoms with Crippen LogP contribution in [0.4, 0.5) is 4.39 Å². The Morgan fingerprint density at radius 1 is 1.25 bits per heavy atom. The first kappa shape index (κ1) is 17.4. The van der Waals surface area contributed by atoms with Gasteiger partial charge >= 0.3 is 0 Å². The lowest BCUT2D eigenvalue weighted by atomic mass is 9.86. The van der Waals surface area contributed by atoms with Crippen LogP contribution < -0.4 is 0 Å². The van der Waals surface area contributed by atoms with Gasteiger partial charge in [-0.25, -0.2) is 4.39 Å². The van der Waals surface area contributed by atoms with E-state index in [4.69, 9.17) is 0 Å². The third kappa shape index (κ3) is 4.14. The summed E-state index contributed by atoms with van der Waals surface area (Å²) in [5, 5.41) is 10.5. The predicted molar refractivity (Wildman–Crippen MR) is 91.1 cm³/mol. The number of benzene rings is 1. The topological polar surface area (TPSA) is 43.8 Å². The summed E-state index contributed by atoms with van der Waals surface area (Å²) in [4.78, 5) is 15.7. The molecule has 0 bridgehead atoms. The van der Waals surface area contributed by atoms with Gasteiger partial charge in [0.15, 0.2) is 0 Å². The van der Waals surface area contributed by atoms with E-state index in [1.165, 1.54) is 6.07 Å². The number of rotatable bonds is 3. The van der Waals surface area contributed by atoms with E-state index in [2.05, 4.69) is 4.90 Å². The van der Waals surface area contributed by atoms with Gasteiger partial charge in [-0.05, 0) is 55.8 Å². The highest BCUT2D eigenvalue weighted by Gasteiger charge is 2.33. The predicted octanol–water partition coefficient (Wildman–Crippen LogP) is 2.06. The van der Waals surface area contributed by atoms with Gasteiger partial charge < -0.3 is 10.0 Å². The summed E-state index contributed by atoms with van der Waals surface area (Å²) in [6, 6.07) is 7.15. The molecule has 0 radical (unpaired) electrons. The number of aliphatic hydroxyl groups is 1. The molecule has 1 aromatic rings. The van der Waals surface area contributed by atoms with Gasteiger partial charge in [0.05, 0.1) is 6.10 Å². The smallest absolute Gasteiger partial charge is 0.219 e. The van der Waals surface area contributed by atoms with E-state index in [9.17, 15) is 14.3 Å². The molecule has 2 fully saturated rings. The third-order valence-electron chi connectivity index (χ3n) is 5.57. The van der Waals surface area contributed by atoms with E-state index in [-0.39, 0.29) is 23.7 Å². The summed E-state index contributed by atoms with van der Waals surface area (Å²) in [7, 11) is 0. The Hall–Kier alpha value is -1.46. The summed E-state index contributed by atoms with van der Waals surface area (Å²) in [6.45, 7) is 4.92. The SMILES string of the molecule is CC(=O)N1CCC(N2CC[C@H](Cc3cccc(F)c3)[C@@H](O)C2)CC1. The molecule has 3 rings (SSSR count). The molecule has 0 unspecified atom stereocenters. The molecule has 0 saturated carbocycles. The lowest BCUT2D eigenvalue weighted by molar-refractivity contribution is -0.130. The molecule has 5 heteroatoms. The number of hydrogen-bond donors (Lipinski definition) is 1. The Morgan fingerprint density at radius 3 is 2.62 bits per heavy atom. The minimum absolute atomic E-state index is 0.155. The van der Waals surface area contributed by atoms with E-state index in [1.54, 1.807) is 19.1 Å². The molecule has 0 aliphatic carbocycles. The zero-order valence-corrected chi connectivity index (χ0v) is 14.3. The quantitative estimate of drug-likeness (QED) is 0.920. The van der Waals surface area contributed by atoms with E-state index < -0.39 is 0 Å². The molecule has 4 nitrogen and oxygen atoms in total. The third-order valence-corrected chi connectivity index (χ3v) is 5.57. The first-order chi connectivity index (χ1) is 11.5. The first-order valence-corrected chi connectivity index (χ1v) is 8.95. The van der Waals surface area contributed by atoms with Gasteiger partial charge in [0.2, 0.25) is 5.91 Å². The van der Waals surface area contributed by atoms with E-state index in [0.29, 0.717) is 12.6 Å². The molecule has 132 valence electrons. The van der Waals surface area contributed by atoms with Crippen molar-refractivity contribution in [1.82, 2.24) is 9.80 Å². The number of carbonyl (C=O) groups is 1. The van der Waals surface area contributed by atoms with Crippen LogP contribution in [0.1, 0.15) is 31.7 Å². The molecule has 24 heavy (non-hydrogen) atoms. The van der Waals surface area contributed by atoms with Gasteiger partial charge in [-0.3, -0.25) is 9.69 Å². The van der Waals surface area contributed by atoms with Gasteiger partial charge in [0.25, 0.3) is 0 Å². The van der Waals surface area contributed by atoms with E-state index in [0.717, 1.165) is 50.9 Å². The van der Waals surface area contributed by atoms with Gasteiger partial charge in [0.1, 0.15) is 5.82 Å². The molecule has 2 aliphatic heterocycles. The number of carbonyl (C=O) groups excluding carboxylic acids is 1. The molecule has 2 heterocycles. The van der Waals surface area contributed by atoms with E-state index >= 15 is 0 Å². The maximum Gasteiger partial charge on any atom is 0.219 e. The molecular formula is C19H27FN2O2.